The Labute approximate surface area is 218 Å². The topological polar surface area (TPSA) is 75.0 Å². The molecule has 1 N–H and O–H groups in total. The van der Waals surface area contributed by atoms with Crippen LogP contribution in [0.2, 0.25) is 0 Å². The molecule has 2 heterocycles. The first-order valence-corrected chi connectivity index (χ1v) is 13.2. The Morgan fingerprint density at radius 2 is 1.70 bits per heavy atom. The van der Waals surface area contributed by atoms with Gasteiger partial charge in [-0.1, -0.05) is 31.0 Å². The second-order valence-corrected chi connectivity index (χ2v) is 10.0. The van der Waals surface area contributed by atoms with Crippen LogP contribution in [0, 0.1) is 13.8 Å². The van der Waals surface area contributed by atoms with E-state index in [1.54, 1.807) is 17.0 Å². The molecule has 2 aliphatic rings. The Kier molecular flexibility index (Phi) is 7.60. The molecular formula is C30H35N3O4. The molecule has 1 unspecified atom stereocenters. The number of carbonyl (C=O) groups is 2. The Balaban J connectivity index is 1.56. The molecule has 194 valence electrons. The number of carbonyl (C=O) groups excluding carboxylic acids is 2. The summed E-state index contributed by atoms with van der Waals surface area (Å²) in [4.78, 5) is 31.7. The van der Waals surface area contributed by atoms with Crippen molar-refractivity contribution >= 4 is 23.2 Å². The fraction of sp³-hybridized carbons (Fsp3) is 0.400. The molecule has 1 saturated heterocycles. The first-order chi connectivity index (χ1) is 18.0. The van der Waals surface area contributed by atoms with Crippen molar-refractivity contribution in [1.29, 1.82) is 0 Å². The number of amides is 2. The van der Waals surface area contributed by atoms with Crippen LogP contribution in [-0.2, 0) is 9.53 Å². The van der Waals surface area contributed by atoms with E-state index in [1.807, 2.05) is 56.3 Å². The van der Waals surface area contributed by atoms with E-state index >= 15 is 0 Å². The first kappa shape index (κ1) is 25.1. The lowest BCUT2D eigenvalue weighted by molar-refractivity contribution is -0.123. The van der Waals surface area contributed by atoms with Crippen molar-refractivity contribution in [3.8, 4) is 0 Å². The monoisotopic (exact) mass is 501 g/mol. The zero-order chi connectivity index (χ0) is 25.8. The number of aryl methyl sites for hydroxylation is 2. The molecule has 0 spiro atoms. The van der Waals surface area contributed by atoms with E-state index in [4.69, 9.17) is 9.15 Å². The molecular weight excluding hydrogens is 466 g/mol. The number of nitrogens with zero attached hydrogens (tertiary/aromatic N) is 2. The Bertz CT molecular complexity index is 1210. The smallest absolute Gasteiger partial charge is 0.294 e. The quantitative estimate of drug-likeness (QED) is 0.483. The largest absolute Gasteiger partial charge is 0.459 e. The van der Waals surface area contributed by atoms with Gasteiger partial charge in [-0.05, 0) is 79.8 Å². The Morgan fingerprint density at radius 3 is 2.35 bits per heavy atom. The van der Waals surface area contributed by atoms with Gasteiger partial charge in [0.2, 0.25) is 5.91 Å². The maximum absolute atomic E-state index is 14.0. The number of nitrogens with one attached hydrogen (secondary N) is 1. The third-order valence-electron chi connectivity index (χ3n) is 7.51. The van der Waals surface area contributed by atoms with E-state index in [-0.39, 0.29) is 23.6 Å². The maximum Gasteiger partial charge on any atom is 0.294 e. The second kappa shape index (κ2) is 11.2. The normalized spacial score (nSPS) is 17.0. The van der Waals surface area contributed by atoms with E-state index in [0.29, 0.717) is 18.9 Å². The van der Waals surface area contributed by atoms with Crippen LogP contribution in [0.3, 0.4) is 0 Å². The summed E-state index contributed by atoms with van der Waals surface area (Å²) < 4.78 is 11.0. The fourth-order valence-corrected chi connectivity index (χ4v) is 5.23. The predicted molar refractivity (Wildman–Crippen MR) is 144 cm³/mol. The van der Waals surface area contributed by atoms with Crippen molar-refractivity contribution in [3.05, 3.63) is 83.3 Å². The lowest BCUT2D eigenvalue weighted by atomic mass is 10.00. The van der Waals surface area contributed by atoms with Gasteiger partial charge in [-0.3, -0.25) is 14.5 Å². The zero-order valence-electron chi connectivity index (χ0n) is 21.6. The highest BCUT2D eigenvalue weighted by atomic mass is 16.5. The standard InChI is InChI=1S/C30H35N3O4/c1-21-9-12-26(20-22(21)2)33(30(35)27-8-5-17-37-27)28(29(34)31-24-6-3-4-7-24)23-10-13-25(14-11-23)32-15-18-36-19-16-32/h5,8-14,17,20,24,28H,3-4,6-7,15-16,18-19H2,1-2H3,(H,31,34). The number of benzene rings is 2. The zero-order valence-corrected chi connectivity index (χ0v) is 21.6. The number of ether oxygens (including phenoxy) is 1. The summed E-state index contributed by atoms with van der Waals surface area (Å²) in [6.45, 7) is 7.11. The van der Waals surface area contributed by atoms with Gasteiger partial charge in [-0.2, -0.15) is 0 Å². The fourth-order valence-electron chi connectivity index (χ4n) is 5.23. The lowest BCUT2D eigenvalue weighted by Gasteiger charge is -2.33. The third-order valence-corrected chi connectivity index (χ3v) is 7.51. The number of hydrogen-bond acceptors (Lipinski definition) is 5. The van der Waals surface area contributed by atoms with Crippen molar-refractivity contribution in [2.75, 3.05) is 36.1 Å². The van der Waals surface area contributed by atoms with Gasteiger partial charge in [0.25, 0.3) is 5.91 Å². The Hall–Kier alpha value is -3.58. The van der Waals surface area contributed by atoms with Crippen molar-refractivity contribution < 1.29 is 18.7 Å². The van der Waals surface area contributed by atoms with Crippen molar-refractivity contribution in [3.63, 3.8) is 0 Å². The van der Waals surface area contributed by atoms with E-state index in [2.05, 4.69) is 10.2 Å². The minimum absolute atomic E-state index is 0.128. The molecule has 0 bridgehead atoms. The van der Waals surface area contributed by atoms with Gasteiger partial charge in [0.05, 0.1) is 19.5 Å². The lowest BCUT2D eigenvalue weighted by Crippen LogP contribution is -2.46. The number of morpholine rings is 1. The molecule has 1 atom stereocenters. The number of rotatable bonds is 7. The number of furan rings is 1. The molecule has 0 radical (unpaired) electrons. The van der Waals surface area contributed by atoms with E-state index in [9.17, 15) is 9.59 Å². The summed E-state index contributed by atoms with van der Waals surface area (Å²) in [5.41, 5.74) is 4.67. The molecule has 5 rings (SSSR count). The molecule has 2 fully saturated rings. The molecule has 1 aliphatic carbocycles. The maximum atomic E-state index is 14.0. The van der Waals surface area contributed by atoms with Crippen LogP contribution in [0.5, 0.6) is 0 Å². The van der Waals surface area contributed by atoms with Crippen molar-refractivity contribution in [2.45, 2.75) is 51.6 Å². The molecule has 2 amide bonds. The summed E-state index contributed by atoms with van der Waals surface area (Å²) in [6.07, 6.45) is 5.62. The van der Waals surface area contributed by atoms with Crippen molar-refractivity contribution in [1.82, 2.24) is 5.32 Å². The van der Waals surface area contributed by atoms with Gasteiger partial charge in [0, 0.05) is 30.5 Å². The minimum Gasteiger partial charge on any atom is -0.459 e. The first-order valence-electron chi connectivity index (χ1n) is 13.2. The molecule has 37 heavy (non-hydrogen) atoms. The predicted octanol–water partition coefficient (Wildman–Crippen LogP) is 5.18. The summed E-state index contributed by atoms with van der Waals surface area (Å²) in [6, 6.07) is 16.5. The van der Waals surface area contributed by atoms with Gasteiger partial charge >= 0.3 is 0 Å². The second-order valence-electron chi connectivity index (χ2n) is 10.0. The highest BCUT2D eigenvalue weighted by Crippen LogP contribution is 2.33. The molecule has 2 aromatic carbocycles. The molecule has 7 heteroatoms. The van der Waals surface area contributed by atoms with Crippen LogP contribution in [0.1, 0.15) is 59.0 Å². The highest BCUT2D eigenvalue weighted by molar-refractivity contribution is 6.08. The van der Waals surface area contributed by atoms with Gasteiger partial charge in [-0.15, -0.1) is 0 Å². The van der Waals surface area contributed by atoms with Crippen LogP contribution in [0.15, 0.2) is 65.3 Å². The van der Waals surface area contributed by atoms with Gasteiger partial charge < -0.3 is 19.4 Å². The molecule has 7 nitrogen and oxygen atoms in total. The van der Waals surface area contributed by atoms with Crippen LogP contribution < -0.4 is 15.1 Å². The molecule has 1 aliphatic heterocycles. The van der Waals surface area contributed by atoms with Crippen LogP contribution >= 0.6 is 0 Å². The van der Waals surface area contributed by atoms with Crippen LogP contribution in [-0.4, -0.2) is 44.2 Å². The van der Waals surface area contributed by atoms with Gasteiger partial charge in [-0.25, -0.2) is 0 Å². The SMILES string of the molecule is Cc1ccc(N(C(=O)c2ccco2)C(C(=O)NC2CCCC2)c2ccc(N3CCOCC3)cc2)cc1C. The average molecular weight is 502 g/mol. The molecule has 1 saturated carbocycles. The van der Waals surface area contributed by atoms with Crippen LogP contribution in [0.25, 0.3) is 0 Å². The van der Waals surface area contributed by atoms with Crippen molar-refractivity contribution in [2.24, 2.45) is 0 Å². The van der Waals surface area contributed by atoms with E-state index in [0.717, 1.165) is 61.2 Å². The summed E-state index contributed by atoms with van der Waals surface area (Å²) >= 11 is 0. The number of hydrogen-bond donors (Lipinski definition) is 1. The summed E-state index contributed by atoms with van der Waals surface area (Å²) in [5.74, 6) is -0.330. The van der Waals surface area contributed by atoms with Crippen LogP contribution in [0.4, 0.5) is 11.4 Å². The minimum atomic E-state index is -0.848. The Morgan fingerprint density at radius 1 is 0.973 bits per heavy atom. The molecule has 3 aromatic rings. The van der Waals surface area contributed by atoms with Gasteiger partial charge in [0.1, 0.15) is 6.04 Å². The molecule has 1 aromatic heterocycles. The van der Waals surface area contributed by atoms with Gasteiger partial charge in [0.15, 0.2) is 5.76 Å². The summed E-state index contributed by atoms with van der Waals surface area (Å²) in [5, 5.41) is 3.24. The highest BCUT2D eigenvalue weighted by Gasteiger charge is 2.36. The number of anilines is 2. The third kappa shape index (κ3) is 5.57. The average Bonchev–Trinajstić information content (AvgIpc) is 3.64. The van der Waals surface area contributed by atoms with E-state index in [1.165, 1.54) is 6.26 Å². The summed E-state index contributed by atoms with van der Waals surface area (Å²) in [7, 11) is 0. The van der Waals surface area contributed by atoms with E-state index < -0.39 is 6.04 Å².